The number of nitrogen functional groups attached to an aromatic ring is 1. The molecule has 1 aromatic heterocycles. The fourth-order valence-corrected chi connectivity index (χ4v) is 1.12. The number of nitrogens with zero attached hydrogens (tertiary/aromatic N) is 2. The zero-order valence-corrected chi connectivity index (χ0v) is 9.71. The fourth-order valence-electron chi connectivity index (χ4n) is 0.934. The van der Waals surface area contributed by atoms with Gasteiger partial charge in [-0.05, 0) is 20.8 Å². The van der Waals surface area contributed by atoms with Crippen molar-refractivity contribution in [1.82, 2.24) is 9.97 Å². The molecule has 1 heterocycles. The molecule has 0 aliphatic carbocycles. The van der Waals surface area contributed by atoms with Gasteiger partial charge in [0.2, 0.25) is 5.95 Å². The predicted molar refractivity (Wildman–Crippen MR) is 60.8 cm³/mol. The molecule has 0 spiro atoms. The summed E-state index contributed by atoms with van der Waals surface area (Å²) >= 11 is 5.72. The molecule has 0 fully saturated rings. The quantitative estimate of drug-likeness (QED) is 0.682. The first kappa shape index (κ1) is 12.0. The number of rotatable bonds is 3. The summed E-state index contributed by atoms with van der Waals surface area (Å²) in [5, 5.41) is 12.8. The van der Waals surface area contributed by atoms with Crippen molar-refractivity contribution < 1.29 is 5.11 Å². The van der Waals surface area contributed by atoms with Gasteiger partial charge in [0, 0.05) is 6.07 Å². The molecule has 0 radical (unpaired) electrons. The van der Waals surface area contributed by atoms with E-state index >= 15 is 0 Å². The zero-order valence-electron chi connectivity index (χ0n) is 8.95. The van der Waals surface area contributed by atoms with E-state index in [2.05, 4.69) is 15.3 Å². The third-order valence-corrected chi connectivity index (χ3v) is 2.40. The molecule has 1 rings (SSSR count). The Kier molecular flexibility index (Phi) is 3.36. The zero-order chi connectivity index (χ0) is 11.6. The van der Waals surface area contributed by atoms with Crippen LogP contribution < -0.4 is 11.1 Å². The Labute approximate surface area is 93.7 Å². The lowest BCUT2D eigenvalue weighted by Gasteiger charge is -2.29. The van der Waals surface area contributed by atoms with Crippen molar-refractivity contribution in [3.05, 3.63) is 11.2 Å². The van der Waals surface area contributed by atoms with Gasteiger partial charge in [-0.25, -0.2) is 4.98 Å². The van der Waals surface area contributed by atoms with Gasteiger partial charge in [-0.15, -0.1) is 0 Å². The van der Waals surface area contributed by atoms with Crippen LogP contribution in [0.1, 0.15) is 20.8 Å². The minimum atomic E-state index is -0.535. The number of hydrogen-bond acceptors (Lipinski definition) is 5. The van der Waals surface area contributed by atoms with Crippen LogP contribution >= 0.6 is 11.6 Å². The molecule has 0 saturated carbocycles. The molecule has 0 saturated heterocycles. The second kappa shape index (κ2) is 4.20. The molecule has 5 nitrogen and oxygen atoms in total. The normalized spacial score (nSPS) is 13.7. The van der Waals surface area contributed by atoms with E-state index in [9.17, 15) is 5.11 Å². The average molecular weight is 231 g/mol. The van der Waals surface area contributed by atoms with Gasteiger partial charge in [0.25, 0.3) is 0 Å². The third-order valence-electron chi connectivity index (χ3n) is 2.21. The summed E-state index contributed by atoms with van der Waals surface area (Å²) in [6.07, 6.45) is -0.535. The lowest BCUT2D eigenvalue weighted by molar-refractivity contribution is 0.133. The Hall–Kier alpha value is -1.07. The first-order valence-electron chi connectivity index (χ1n) is 4.57. The van der Waals surface area contributed by atoms with E-state index < -0.39 is 11.6 Å². The van der Waals surface area contributed by atoms with Gasteiger partial charge in [0.05, 0.1) is 11.6 Å². The summed E-state index contributed by atoms with van der Waals surface area (Å²) in [5.74, 6) is 0.602. The number of nitrogens with one attached hydrogen (secondary N) is 1. The van der Waals surface area contributed by atoms with Gasteiger partial charge >= 0.3 is 0 Å². The second-order valence-corrected chi connectivity index (χ2v) is 4.34. The topological polar surface area (TPSA) is 84.1 Å². The molecule has 0 aliphatic heterocycles. The standard InChI is InChI=1S/C9H15ClN4O/c1-5(15)9(2,3)14-7-4-6(10)12-8(11)13-7/h4-5,15H,1-3H3,(H3,11,12,13,14). The van der Waals surface area contributed by atoms with Crippen LogP contribution in [0, 0.1) is 0 Å². The Morgan fingerprint density at radius 2 is 2.13 bits per heavy atom. The van der Waals surface area contributed by atoms with Gasteiger partial charge < -0.3 is 16.2 Å². The molecule has 0 bridgehead atoms. The van der Waals surface area contributed by atoms with Crippen LogP contribution in [-0.2, 0) is 0 Å². The fraction of sp³-hybridized carbons (Fsp3) is 0.556. The van der Waals surface area contributed by atoms with Gasteiger partial charge in [-0.1, -0.05) is 11.6 Å². The maximum Gasteiger partial charge on any atom is 0.223 e. The molecule has 6 heteroatoms. The third kappa shape index (κ3) is 3.21. The van der Waals surface area contributed by atoms with Crippen LogP contribution in [0.2, 0.25) is 5.15 Å². The van der Waals surface area contributed by atoms with Gasteiger partial charge in [-0.3, -0.25) is 0 Å². The van der Waals surface area contributed by atoms with Crippen molar-refractivity contribution in [2.75, 3.05) is 11.1 Å². The Bertz CT molecular complexity index is 334. The summed E-state index contributed by atoms with van der Waals surface area (Å²) in [6, 6.07) is 1.56. The lowest BCUT2D eigenvalue weighted by Crippen LogP contribution is -2.42. The van der Waals surface area contributed by atoms with Crippen LogP contribution in [0.3, 0.4) is 0 Å². The summed E-state index contributed by atoms with van der Waals surface area (Å²) in [7, 11) is 0. The number of aliphatic hydroxyl groups is 1. The van der Waals surface area contributed by atoms with Crippen molar-refractivity contribution in [3.8, 4) is 0 Å². The maximum atomic E-state index is 9.51. The van der Waals surface area contributed by atoms with Crippen molar-refractivity contribution in [3.63, 3.8) is 0 Å². The van der Waals surface area contributed by atoms with E-state index in [4.69, 9.17) is 17.3 Å². The number of halogens is 1. The van der Waals surface area contributed by atoms with Crippen molar-refractivity contribution >= 4 is 23.4 Å². The molecule has 84 valence electrons. The van der Waals surface area contributed by atoms with Crippen molar-refractivity contribution in [2.24, 2.45) is 0 Å². The molecule has 0 aromatic carbocycles. The molecule has 15 heavy (non-hydrogen) atoms. The maximum absolute atomic E-state index is 9.51. The first-order chi connectivity index (χ1) is 6.81. The van der Waals surface area contributed by atoms with Gasteiger partial charge in [-0.2, -0.15) is 4.98 Å². The molecule has 0 aliphatic rings. The minimum absolute atomic E-state index is 0.103. The molecule has 1 atom stereocenters. The monoisotopic (exact) mass is 230 g/mol. The lowest BCUT2D eigenvalue weighted by atomic mass is 9.99. The highest BCUT2D eigenvalue weighted by Gasteiger charge is 2.24. The van der Waals surface area contributed by atoms with Crippen LogP contribution in [0.4, 0.5) is 11.8 Å². The van der Waals surface area contributed by atoms with E-state index in [1.165, 1.54) is 0 Å². The largest absolute Gasteiger partial charge is 0.391 e. The molecule has 1 aromatic rings. The average Bonchev–Trinajstić information content (AvgIpc) is 1.99. The highest BCUT2D eigenvalue weighted by Crippen LogP contribution is 2.19. The summed E-state index contributed by atoms with van der Waals surface area (Å²) in [5.41, 5.74) is 4.94. The van der Waals surface area contributed by atoms with Crippen LogP contribution in [0.15, 0.2) is 6.07 Å². The van der Waals surface area contributed by atoms with E-state index in [1.54, 1.807) is 13.0 Å². The van der Waals surface area contributed by atoms with E-state index in [0.717, 1.165) is 0 Å². The Balaban J connectivity index is 2.89. The highest BCUT2D eigenvalue weighted by atomic mass is 35.5. The predicted octanol–water partition coefficient (Wildman–Crippen LogP) is 1.28. The number of hydrogen-bond donors (Lipinski definition) is 3. The smallest absolute Gasteiger partial charge is 0.223 e. The van der Waals surface area contributed by atoms with Crippen molar-refractivity contribution in [2.45, 2.75) is 32.4 Å². The number of aliphatic hydroxyl groups excluding tert-OH is 1. The summed E-state index contributed by atoms with van der Waals surface area (Å²) in [6.45, 7) is 5.40. The molecule has 4 N–H and O–H groups in total. The Morgan fingerprint density at radius 1 is 1.53 bits per heavy atom. The highest BCUT2D eigenvalue weighted by molar-refractivity contribution is 6.29. The molecule has 1 unspecified atom stereocenters. The molecular formula is C9H15ClN4O. The SMILES string of the molecule is CC(O)C(C)(C)Nc1cc(Cl)nc(N)n1. The number of aromatic nitrogens is 2. The Morgan fingerprint density at radius 3 is 2.60 bits per heavy atom. The van der Waals surface area contributed by atoms with Crippen LogP contribution in [0.5, 0.6) is 0 Å². The first-order valence-corrected chi connectivity index (χ1v) is 4.95. The summed E-state index contributed by atoms with van der Waals surface area (Å²) < 4.78 is 0. The van der Waals surface area contributed by atoms with E-state index in [1.807, 2.05) is 13.8 Å². The van der Waals surface area contributed by atoms with Gasteiger partial charge in [0.15, 0.2) is 0 Å². The van der Waals surface area contributed by atoms with E-state index in [0.29, 0.717) is 5.82 Å². The number of nitrogens with two attached hydrogens (primary N) is 1. The number of anilines is 2. The van der Waals surface area contributed by atoms with Crippen molar-refractivity contribution in [1.29, 1.82) is 0 Å². The van der Waals surface area contributed by atoms with Gasteiger partial charge in [0.1, 0.15) is 11.0 Å². The van der Waals surface area contributed by atoms with E-state index in [-0.39, 0.29) is 11.1 Å². The molecular weight excluding hydrogens is 216 g/mol. The second-order valence-electron chi connectivity index (χ2n) is 3.96. The molecule has 0 amide bonds. The summed E-state index contributed by atoms with van der Waals surface area (Å²) in [4.78, 5) is 7.70. The van der Waals surface area contributed by atoms with Crippen LogP contribution in [0.25, 0.3) is 0 Å². The van der Waals surface area contributed by atoms with Crippen LogP contribution in [-0.4, -0.2) is 26.7 Å². The minimum Gasteiger partial charge on any atom is -0.391 e.